The Hall–Kier alpha value is -2.04. The Kier molecular flexibility index (Phi) is 2.52. The summed E-state index contributed by atoms with van der Waals surface area (Å²) in [6.45, 7) is 0. The highest BCUT2D eigenvalue weighted by molar-refractivity contribution is 5.92. The van der Waals surface area contributed by atoms with Crippen molar-refractivity contribution in [2.75, 3.05) is 21.3 Å². The van der Waals surface area contributed by atoms with E-state index in [2.05, 4.69) is 0 Å². The van der Waals surface area contributed by atoms with E-state index >= 15 is 0 Å². The van der Waals surface area contributed by atoms with Crippen LogP contribution in [-0.2, 0) is 0 Å². The number of hydrogen-bond donors (Lipinski definition) is 1. The van der Waals surface area contributed by atoms with Crippen molar-refractivity contribution in [2.24, 2.45) is 0 Å². The first kappa shape index (κ1) is 10.5. The molecule has 5 nitrogen and oxygen atoms in total. The summed E-state index contributed by atoms with van der Waals surface area (Å²) in [5.74, 6) is 1.35. The predicted octanol–water partition coefficient (Wildman–Crippen LogP) is 2.16. The number of rotatable bonds is 3. The van der Waals surface area contributed by atoms with Crippen molar-refractivity contribution in [3.8, 4) is 23.0 Å². The Balaban J connectivity index is 2.83. The van der Waals surface area contributed by atoms with Crippen molar-refractivity contribution < 1.29 is 23.7 Å². The van der Waals surface area contributed by atoms with Crippen molar-refractivity contribution in [1.82, 2.24) is 0 Å². The molecular formula is C11H12O5. The number of aromatic hydroxyl groups is 1. The first-order valence-corrected chi connectivity index (χ1v) is 4.62. The minimum atomic E-state index is 0.0363. The normalized spacial score (nSPS) is 10.4. The van der Waals surface area contributed by atoms with E-state index < -0.39 is 0 Å². The molecule has 1 aromatic heterocycles. The summed E-state index contributed by atoms with van der Waals surface area (Å²) in [5.41, 5.74) is 0.428. The third-order valence-electron chi connectivity index (χ3n) is 2.35. The van der Waals surface area contributed by atoms with Gasteiger partial charge in [0, 0.05) is 0 Å². The number of hydrogen-bond acceptors (Lipinski definition) is 5. The minimum Gasteiger partial charge on any atom is -0.504 e. The lowest BCUT2D eigenvalue weighted by Crippen LogP contribution is -1.94. The van der Waals surface area contributed by atoms with Crippen LogP contribution in [0, 0.1) is 0 Å². The van der Waals surface area contributed by atoms with Crippen LogP contribution in [0.15, 0.2) is 16.7 Å². The molecule has 86 valence electrons. The SMILES string of the molecule is COc1cc2c(O)coc2c(OC)c1OC. The van der Waals surface area contributed by atoms with Gasteiger partial charge in [-0.15, -0.1) is 0 Å². The van der Waals surface area contributed by atoms with E-state index in [0.29, 0.717) is 28.2 Å². The van der Waals surface area contributed by atoms with Crippen molar-refractivity contribution in [1.29, 1.82) is 0 Å². The number of fused-ring (bicyclic) bond motifs is 1. The summed E-state index contributed by atoms with van der Waals surface area (Å²) < 4.78 is 20.7. The van der Waals surface area contributed by atoms with Crippen molar-refractivity contribution >= 4 is 11.0 Å². The summed E-state index contributed by atoms with van der Waals surface area (Å²) in [7, 11) is 4.52. The molecule has 2 rings (SSSR count). The highest BCUT2D eigenvalue weighted by Crippen LogP contribution is 2.46. The van der Waals surface area contributed by atoms with E-state index in [1.54, 1.807) is 6.07 Å². The first-order chi connectivity index (χ1) is 7.72. The lowest BCUT2D eigenvalue weighted by atomic mass is 10.2. The van der Waals surface area contributed by atoms with E-state index in [1.165, 1.54) is 27.6 Å². The molecule has 0 fully saturated rings. The summed E-state index contributed by atoms with van der Waals surface area (Å²) >= 11 is 0. The molecule has 0 unspecified atom stereocenters. The second-order valence-corrected chi connectivity index (χ2v) is 3.14. The largest absolute Gasteiger partial charge is 0.504 e. The van der Waals surface area contributed by atoms with Crippen LogP contribution in [0.2, 0.25) is 0 Å². The number of furan rings is 1. The quantitative estimate of drug-likeness (QED) is 0.865. The zero-order chi connectivity index (χ0) is 11.7. The Bertz CT molecular complexity index is 515. The molecule has 0 bridgehead atoms. The third-order valence-corrected chi connectivity index (χ3v) is 2.35. The molecule has 0 spiro atoms. The van der Waals surface area contributed by atoms with Gasteiger partial charge in [-0.3, -0.25) is 0 Å². The molecule has 0 aliphatic rings. The molecule has 16 heavy (non-hydrogen) atoms. The zero-order valence-corrected chi connectivity index (χ0v) is 9.23. The summed E-state index contributed by atoms with van der Waals surface area (Å²) in [6, 6.07) is 1.63. The molecule has 0 aliphatic carbocycles. The summed E-state index contributed by atoms with van der Waals surface area (Å²) in [5, 5.41) is 10.1. The second kappa shape index (κ2) is 3.84. The molecule has 1 heterocycles. The Morgan fingerprint density at radius 1 is 1.06 bits per heavy atom. The van der Waals surface area contributed by atoms with Crippen LogP contribution < -0.4 is 14.2 Å². The van der Waals surface area contributed by atoms with Gasteiger partial charge in [0.1, 0.15) is 6.26 Å². The highest BCUT2D eigenvalue weighted by Gasteiger charge is 2.20. The fraction of sp³-hybridized carbons (Fsp3) is 0.273. The Morgan fingerprint density at radius 2 is 1.75 bits per heavy atom. The first-order valence-electron chi connectivity index (χ1n) is 4.62. The average molecular weight is 224 g/mol. The maximum atomic E-state index is 9.57. The van der Waals surface area contributed by atoms with Gasteiger partial charge in [0.2, 0.25) is 11.5 Å². The minimum absolute atomic E-state index is 0.0363. The van der Waals surface area contributed by atoms with Gasteiger partial charge in [0.25, 0.3) is 0 Å². The number of ether oxygens (including phenoxy) is 3. The topological polar surface area (TPSA) is 61.1 Å². The smallest absolute Gasteiger partial charge is 0.208 e. The van der Waals surface area contributed by atoms with Gasteiger partial charge in [0.15, 0.2) is 17.1 Å². The van der Waals surface area contributed by atoms with Crippen molar-refractivity contribution in [3.63, 3.8) is 0 Å². The van der Waals surface area contributed by atoms with E-state index in [1.807, 2.05) is 0 Å². The highest BCUT2D eigenvalue weighted by atomic mass is 16.5. The van der Waals surface area contributed by atoms with Crippen LogP contribution in [0.3, 0.4) is 0 Å². The van der Waals surface area contributed by atoms with Gasteiger partial charge < -0.3 is 23.7 Å². The van der Waals surface area contributed by atoms with E-state index in [4.69, 9.17) is 18.6 Å². The fourth-order valence-corrected chi connectivity index (χ4v) is 1.62. The van der Waals surface area contributed by atoms with Crippen LogP contribution in [0.5, 0.6) is 23.0 Å². The molecule has 1 aromatic carbocycles. The molecule has 0 saturated heterocycles. The summed E-state index contributed by atoms with van der Waals surface area (Å²) in [6.07, 6.45) is 1.24. The van der Waals surface area contributed by atoms with Gasteiger partial charge in [-0.05, 0) is 6.07 Å². The molecular weight excluding hydrogens is 212 g/mol. The molecule has 0 amide bonds. The van der Waals surface area contributed by atoms with Crippen LogP contribution in [-0.4, -0.2) is 26.4 Å². The molecule has 2 aromatic rings. The van der Waals surface area contributed by atoms with Gasteiger partial charge >= 0.3 is 0 Å². The van der Waals surface area contributed by atoms with Gasteiger partial charge in [-0.1, -0.05) is 0 Å². The van der Waals surface area contributed by atoms with E-state index in [-0.39, 0.29) is 5.75 Å². The molecule has 1 N–H and O–H groups in total. The maximum Gasteiger partial charge on any atom is 0.208 e. The number of benzene rings is 1. The average Bonchev–Trinajstić information content (AvgIpc) is 2.68. The molecule has 0 atom stereocenters. The standard InChI is InChI=1S/C11H12O5/c1-13-8-4-6-7(12)5-16-9(6)11(15-3)10(8)14-2/h4-5,12H,1-3H3. The van der Waals surface area contributed by atoms with Crippen LogP contribution in [0.25, 0.3) is 11.0 Å². The van der Waals surface area contributed by atoms with Gasteiger partial charge in [-0.2, -0.15) is 0 Å². The van der Waals surface area contributed by atoms with Crippen molar-refractivity contribution in [3.05, 3.63) is 12.3 Å². The van der Waals surface area contributed by atoms with Crippen molar-refractivity contribution in [2.45, 2.75) is 0 Å². The van der Waals surface area contributed by atoms with Crippen LogP contribution in [0.4, 0.5) is 0 Å². The maximum absolute atomic E-state index is 9.57. The third kappa shape index (κ3) is 1.32. The fourth-order valence-electron chi connectivity index (χ4n) is 1.62. The molecule has 5 heteroatoms. The molecule has 0 radical (unpaired) electrons. The Labute approximate surface area is 92.1 Å². The molecule has 0 aliphatic heterocycles. The van der Waals surface area contributed by atoms with Gasteiger partial charge in [0.05, 0.1) is 26.7 Å². The molecule has 0 saturated carbocycles. The number of methoxy groups -OCH3 is 3. The van der Waals surface area contributed by atoms with Gasteiger partial charge in [-0.25, -0.2) is 0 Å². The zero-order valence-electron chi connectivity index (χ0n) is 9.23. The lowest BCUT2D eigenvalue weighted by molar-refractivity contribution is 0.324. The second-order valence-electron chi connectivity index (χ2n) is 3.14. The Morgan fingerprint density at radius 3 is 2.31 bits per heavy atom. The monoisotopic (exact) mass is 224 g/mol. The predicted molar refractivity (Wildman–Crippen MR) is 57.5 cm³/mol. The summed E-state index contributed by atoms with van der Waals surface area (Å²) in [4.78, 5) is 0. The van der Waals surface area contributed by atoms with E-state index in [0.717, 1.165) is 0 Å². The van der Waals surface area contributed by atoms with E-state index in [9.17, 15) is 5.11 Å². The van der Waals surface area contributed by atoms with Crippen LogP contribution in [0.1, 0.15) is 0 Å². The lowest BCUT2D eigenvalue weighted by Gasteiger charge is -2.11. The van der Waals surface area contributed by atoms with Crippen LogP contribution >= 0.6 is 0 Å².